The second-order valence-corrected chi connectivity index (χ2v) is 9.37. The number of hydrogen-bond acceptors (Lipinski definition) is 4. The van der Waals surface area contributed by atoms with Crippen molar-refractivity contribution in [3.05, 3.63) is 30.1 Å². The molecule has 2 aliphatic rings. The SMILES string of the molecule is O=C(NCCS(=O)(=O)N1CCN(c2ccccc2F)CC1)C1CCCCC1. The zero-order chi connectivity index (χ0) is 19.3. The van der Waals surface area contributed by atoms with Crippen LogP contribution in [0.3, 0.4) is 0 Å². The maximum absolute atomic E-state index is 13.9. The molecule has 0 radical (unpaired) electrons. The highest BCUT2D eigenvalue weighted by Gasteiger charge is 2.28. The van der Waals surface area contributed by atoms with E-state index in [2.05, 4.69) is 5.32 Å². The van der Waals surface area contributed by atoms with Crippen molar-refractivity contribution in [2.45, 2.75) is 32.1 Å². The first kappa shape index (κ1) is 20.1. The minimum absolute atomic E-state index is 0.0192. The minimum Gasteiger partial charge on any atom is -0.367 e. The van der Waals surface area contributed by atoms with E-state index in [-0.39, 0.29) is 29.9 Å². The third kappa shape index (κ3) is 5.19. The van der Waals surface area contributed by atoms with Crippen LogP contribution < -0.4 is 10.2 Å². The molecule has 1 aliphatic carbocycles. The van der Waals surface area contributed by atoms with E-state index in [0.717, 1.165) is 25.7 Å². The summed E-state index contributed by atoms with van der Waals surface area (Å²) in [6.07, 6.45) is 5.12. The number of nitrogens with zero attached hydrogens (tertiary/aromatic N) is 2. The largest absolute Gasteiger partial charge is 0.367 e. The summed E-state index contributed by atoms with van der Waals surface area (Å²) < 4.78 is 40.4. The van der Waals surface area contributed by atoms with Crippen LogP contribution >= 0.6 is 0 Å². The standard InChI is InChI=1S/C19H28FN3O3S/c20-17-8-4-5-9-18(17)22-11-13-23(14-12-22)27(25,26)15-10-21-19(24)16-6-2-1-3-7-16/h4-5,8-9,16H,1-3,6-7,10-15H2,(H,21,24). The molecule has 1 heterocycles. The highest BCUT2D eigenvalue weighted by molar-refractivity contribution is 7.89. The number of rotatable bonds is 6. The summed E-state index contributed by atoms with van der Waals surface area (Å²) in [6, 6.07) is 6.53. The van der Waals surface area contributed by atoms with Gasteiger partial charge in [-0.25, -0.2) is 12.8 Å². The van der Waals surface area contributed by atoms with Crippen LogP contribution in [0.2, 0.25) is 0 Å². The van der Waals surface area contributed by atoms with Crippen molar-refractivity contribution < 1.29 is 17.6 Å². The molecule has 1 N–H and O–H groups in total. The van der Waals surface area contributed by atoms with Crippen LogP contribution in [0, 0.1) is 11.7 Å². The fourth-order valence-electron chi connectivity index (χ4n) is 3.86. The van der Waals surface area contributed by atoms with Gasteiger partial charge in [0, 0.05) is 38.6 Å². The molecule has 3 rings (SSSR count). The number of carbonyl (C=O) groups excluding carboxylic acids is 1. The summed E-state index contributed by atoms with van der Waals surface area (Å²) >= 11 is 0. The average Bonchev–Trinajstić information content (AvgIpc) is 2.69. The zero-order valence-corrected chi connectivity index (χ0v) is 16.4. The summed E-state index contributed by atoms with van der Waals surface area (Å²) in [6.45, 7) is 1.70. The predicted molar refractivity (Wildman–Crippen MR) is 104 cm³/mol. The molecular formula is C19H28FN3O3S. The van der Waals surface area contributed by atoms with Crippen LogP contribution in [-0.4, -0.2) is 57.1 Å². The molecule has 1 saturated carbocycles. The molecule has 0 bridgehead atoms. The molecule has 6 nitrogen and oxygen atoms in total. The highest BCUT2D eigenvalue weighted by atomic mass is 32.2. The quantitative estimate of drug-likeness (QED) is 0.797. The topological polar surface area (TPSA) is 69.7 Å². The van der Waals surface area contributed by atoms with Crippen molar-refractivity contribution >= 4 is 21.6 Å². The van der Waals surface area contributed by atoms with Crippen molar-refractivity contribution in [3.8, 4) is 0 Å². The summed E-state index contributed by atoms with van der Waals surface area (Å²) in [5, 5.41) is 2.78. The van der Waals surface area contributed by atoms with E-state index in [4.69, 9.17) is 0 Å². The summed E-state index contributed by atoms with van der Waals surface area (Å²) in [5.41, 5.74) is 0.509. The van der Waals surface area contributed by atoms with E-state index in [9.17, 15) is 17.6 Å². The van der Waals surface area contributed by atoms with E-state index in [1.54, 1.807) is 18.2 Å². The molecule has 1 aromatic carbocycles. The average molecular weight is 398 g/mol. The Labute approximate surface area is 160 Å². The lowest BCUT2D eigenvalue weighted by molar-refractivity contribution is -0.125. The van der Waals surface area contributed by atoms with Crippen LogP contribution in [0.5, 0.6) is 0 Å². The van der Waals surface area contributed by atoms with Crippen molar-refractivity contribution in [2.75, 3.05) is 43.4 Å². The van der Waals surface area contributed by atoms with Gasteiger partial charge in [0.25, 0.3) is 0 Å². The third-order valence-electron chi connectivity index (χ3n) is 5.46. The van der Waals surface area contributed by atoms with Gasteiger partial charge in [-0.2, -0.15) is 4.31 Å². The van der Waals surface area contributed by atoms with Crippen LogP contribution in [0.1, 0.15) is 32.1 Å². The summed E-state index contributed by atoms with van der Waals surface area (Å²) in [5.74, 6) is -0.371. The van der Waals surface area contributed by atoms with E-state index < -0.39 is 10.0 Å². The number of carbonyl (C=O) groups is 1. The van der Waals surface area contributed by atoms with E-state index >= 15 is 0 Å². The lowest BCUT2D eigenvalue weighted by Crippen LogP contribution is -2.50. The molecule has 2 fully saturated rings. The van der Waals surface area contributed by atoms with Crippen LogP contribution in [0.25, 0.3) is 0 Å². The number of benzene rings is 1. The van der Waals surface area contributed by atoms with Crippen molar-refractivity contribution in [1.82, 2.24) is 9.62 Å². The first-order valence-electron chi connectivity index (χ1n) is 9.72. The Bertz CT molecular complexity index is 742. The number of sulfonamides is 1. The molecule has 1 aliphatic heterocycles. The molecule has 1 amide bonds. The van der Waals surface area contributed by atoms with E-state index in [1.807, 2.05) is 4.90 Å². The van der Waals surface area contributed by atoms with Gasteiger partial charge in [0.05, 0.1) is 11.4 Å². The Balaban J connectivity index is 1.45. The maximum Gasteiger partial charge on any atom is 0.223 e. The van der Waals surface area contributed by atoms with Crippen molar-refractivity contribution in [2.24, 2.45) is 5.92 Å². The lowest BCUT2D eigenvalue weighted by Gasteiger charge is -2.35. The Hall–Kier alpha value is -1.67. The Morgan fingerprint density at radius 3 is 2.41 bits per heavy atom. The molecule has 0 atom stereocenters. The fraction of sp³-hybridized carbons (Fsp3) is 0.632. The molecule has 1 saturated heterocycles. The lowest BCUT2D eigenvalue weighted by atomic mass is 9.89. The van der Waals surface area contributed by atoms with Gasteiger partial charge in [-0.15, -0.1) is 0 Å². The predicted octanol–water partition coefficient (Wildman–Crippen LogP) is 1.97. The zero-order valence-electron chi connectivity index (χ0n) is 15.6. The first-order valence-corrected chi connectivity index (χ1v) is 11.3. The number of anilines is 1. The smallest absolute Gasteiger partial charge is 0.223 e. The summed E-state index contributed by atoms with van der Waals surface area (Å²) in [4.78, 5) is 14.0. The Morgan fingerprint density at radius 1 is 1.07 bits per heavy atom. The Kier molecular flexibility index (Phi) is 6.70. The Morgan fingerprint density at radius 2 is 1.74 bits per heavy atom. The van der Waals surface area contributed by atoms with Gasteiger partial charge < -0.3 is 10.2 Å². The number of para-hydroxylation sites is 1. The van der Waals surface area contributed by atoms with Gasteiger partial charge in [0.1, 0.15) is 5.82 Å². The summed E-state index contributed by atoms with van der Waals surface area (Å²) in [7, 11) is -3.43. The molecule has 0 spiro atoms. The minimum atomic E-state index is -3.43. The molecule has 0 aromatic heterocycles. The van der Waals surface area contributed by atoms with Gasteiger partial charge in [-0.1, -0.05) is 31.4 Å². The monoisotopic (exact) mass is 397 g/mol. The molecular weight excluding hydrogens is 369 g/mol. The fourth-order valence-corrected chi connectivity index (χ4v) is 5.19. The third-order valence-corrected chi connectivity index (χ3v) is 7.33. The highest BCUT2D eigenvalue weighted by Crippen LogP contribution is 2.24. The van der Waals surface area contributed by atoms with E-state index in [1.165, 1.54) is 16.8 Å². The first-order chi connectivity index (χ1) is 13.0. The number of hydrogen-bond donors (Lipinski definition) is 1. The normalized spacial score (nSPS) is 19.8. The maximum atomic E-state index is 13.9. The molecule has 0 unspecified atom stereocenters. The second kappa shape index (κ2) is 9.01. The van der Waals surface area contributed by atoms with Crippen molar-refractivity contribution in [3.63, 3.8) is 0 Å². The van der Waals surface area contributed by atoms with Gasteiger partial charge >= 0.3 is 0 Å². The second-order valence-electron chi connectivity index (χ2n) is 7.28. The van der Waals surface area contributed by atoms with Gasteiger partial charge in [0.15, 0.2) is 0 Å². The van der Waals surface area contributed by atoms with E-state index in [0.29, 0.717) is 31.9 Å². The number of amides is 1. The van der Waals surface area contributed by atoms with Crippen LogP contribution in [0.4, 0.5) is 10.1 Å². The molecule has 27 heavy (non-hydrogen) atoms. The van der Waals surface area contributed by atoms with Crippen LogP contribution in [0.15, 0.2) is 24.3 Å². The van der Waals surface area contributed by atoms with Crippen molar-refractivity contribution in [1.29, 1.82) is 0 Å². The number of halogens is 1. The van der Waals surface area contributed by atoms with Gasteiger partial charge in [-0.3, -0.25) is 4.79 Å². The molecule has 150 valence electrons. The van der Waals surface area contributed by atoms with Crippen LogP contribution in [-0.2, 0) is 14.8 Å². The number of nitrogens with one attached hydrogen (secondary N) is 1. The van der Waals surface area contributed by atoms with Gasteiger partial charge in [-0.05, 0) is 25.0 Å². The van der Waals surface area contributed by atoms with Gasteiger partial charge in [0.2, 0.25) is 15.9 Å². The number of piperazine rings is 1. The molecule has 8 heteroatoms. The molecule has 1 aromatic rings.